The maximum absolute atomic E-state index is 6.00. The van der Waals surface area contributed by atoms with Gasteiger partial charge in [-0.05, 0) is 12.1 Å². The molecule has 1 aromatic carbocycles. The van der Waals surface area contributed by atoms with E-state index in [1.165, 1.54) is 0 Å². The van der Waals surface area contributed by atoms with Crippen LogP contribution in [0, 0.1) is 0 Å². The first kappa shape index (κ1) is 9.89. The number of nitrogens with two attached hydrogens (primary N) is 1. The minimum Gasteiger partial charge on any atom is -0.397 e. The summed E-state index contributed by atoms with van der Waals surface area (Å²) in [6.07, 6.45) is 3.93. The number of anilines is 1. The van der Waals surface area contributed by atoms with Crippen LogP contribution in [0.25, 0.3) is 10.9 Å². The van der Waals surface area contributed by atoms with Crippen LogP contribution in [0.4, 0.5) is 5.69 Å². The topological polar surface area (TPSA) is 61.7 Å². The zero-order chi connectivity index (χ0) is 11.8. The number of nitrogens with zero attached hydrogens (tertiary/aromatic N) is 4. The molecule has 0 atom stereocenters. The first-order chi connectivity index (χ1) is 8.24. The van der Waals surface area contributed by atoms with E-state index in [1.54, 1.807) is 4.68 Å². The van der Waals surface area contributed by atoms with Gasteiger partial charge in [-0.1, -0.05) is 17.3 Å². The van der Waals surface area contributed by atoms with E-state index in [9.17, 15) is 0 Å². The van der Waals surface area contributed by atoms with Crippen LogP contribution < -0.4 is 5.73 Å². The molecule has 0 spiro atoms. The Hall–Kier alpha value is -2.30. The molecule has 0 aliphatic carbocycles. The molecule has 0 saturated carbocycles. The standard InChI is InChI=1S/C12H13N5/c1-16-7-10(14-15-16)8-17-6-5-9-3-2-4-11(13)12(9)17/h2-7H,8,13H2,1H3. The Bertz CT molecular complexity index is 664. The van der Waals surface area contributed by atoms with Crippen molar-refractivity contribution in [3.05, 3.63) is 42.4 Å². The molecule has 0 fully saturated rings. The average Bonchev–Trinajstić information content (AvgIpc) is 2.88. The molecular weight excluding hydrogens is 214 g/mol. The van der Waals surface area contributed by atoms with Gasteiger partial charge in [-0.3, -0.25) is 4.68 Å². The first-order valence-electron chi connectivity index (χ1n) is 5.42. The Morgan fingerprint density at radius 3 is 2.94 bits per heavy atom. The normalized spacial score (nSPS) is 11.1. The number of nitrogen functional groups attached to an aromatic ring is 1. The number of aromatic nitrogens is 4. The number of hydrogen-bond acceptors (Lipinski definition) is 3. The van der Waals surface area contributed by atoms with Crippen molar-refractivity contribution in [2.75, 3.05) is 5.73 Å². The summed E-state index contributed by atoms with van der Waals surface area (Å²) in [4.78, 5) is 0. The molecule has 2 aromatic heterocycles. The highest BCUT2D eigenvalue weighted by Crippen LogP contribution is 2.22. The van der Waals surface area contributed by atoms with Gasteiger partial charge < -0.3 is 10.3 Å². The molecule has 17 heavy (non-hydrogen) atoms. The van der Waals surface area contributed by atoms with Gasteiger partial charge in [0, 0.05) is 24.8 Å². The number of para-hydroxylation sites is 1. The fourth-order valence-electron chi connectivity index (χ4n) is 2.06. The van der Waals surface area contributed by atoms with Crippen LogP contribution in [0.15, 0.2) is 36.7 Å². The first-order valence-corrected chi connectivity index (χ1v) is 5.42. The van der Waals surface area contributed by atoms with Gasteiger partial charge in [-0.2, -0.15) is 0 Å². The second-order valence-electron chi connectivity index (χ2n) is 4.11. The van der Waals surface area contributed by atoms with E-state index in [-0.39, 0.29) is 0 Å². The maximum Gasteiger partial charge on any atom is 0.102 e. The van der Waals surface area contributed by atoms with E-state index in [0.29, 0.717) is 6.54 Å². The van der Waals surface area contributed by atoms with Crippen molar-refractivity contribution in [3.63, 3.8) is 0 Å². The smallest absolute Gasteiger partial charge is 0.102 e. The molecule has 0 aliphatic heterocycles. The van der Waals surface area contributed by atoms with E-state index in [1.807, 2.05) is 31.6 Å². The highest BCUT2D eigenvalue weighted by molar-refractivity contribution is 5.90. The van der Waals surface area contributed by atoms with Crippen molar-refractivity contribution < 1.29 is 0 Å². The summed E-state index contributed by atoms with van der Waals surface area (Å²) >= 11 is 0. The summed E-state index contributed by atoms with van der Waals surface area (Å²) < 4.78 is 3.79. The highest BCUT2D eigenvalue weighted by Gasteiger charge is 2.06. The summed E-state index contributed by atoms with van der Waals surface area (Å²) in [6.45, 7) is 0.686. The SMILES string of the molecule is Cn1cc(Cn2ccc3cccc(N)c32)nn1. The third kappa shape index (κ3) is 1.65. The van der Waals surface area contributed by atoms with Crippen LogP contribution in [0.1, 0.15) is 5.69 Å². The minimum absolute atomic E-state index is 0.686. The van der Waals surface area contributed by atoms with Gasteiger partial charge in [0.05, 0.1) is 17.7 Å². The molecule has 5 heteroatoms. The van der Waals surface area contributed by atoms with Crippen LogP contribution in [0.5, 0.6) is 0 Å². The summed E-state index contributed by atoms with van der Waals surface area (Å²) in [7, 11) is 1.86. The number of benzene rings is 1. The lowest BCUT2D eigenvalue weighted by Crippen LogP contribution is -2.00. The molecule has 3 aromatic rings. The van der Waals surface area contributed by atoms with Crippen LogP contribution >= 0.6 is 0 Å². The number of aryl methyl sites for hydroxylation is 1. The fraction of sp³-hybridized carbons (Fsp3) is 0.167. The third-order valence-corrected chi connectivity index (χ3v) is 2.80. The molecule has 5 nitrogen and oxygen atoms in total. The van der Waals surface area contributed by atoms with Crippen molar-refractivity contribution in [3.8, 4) is 0 Å². The highest BCUT2D eigenvalue weighted by atomic mass is 15.4. The molecule has 2 N–H and O–H groups in total. The average molecular weight is 227 g/mol. The Morgan fingerprint density at radius 1 is 1.29 bits per heavy atom. The zero-order valence-corrected chi connectivity index (χ0v) is 9.54. The number of hydrogen-bond donors (Lipinski definition) is 1. The molecule has 0 unspecified atom stereocenters. The second-order valence-corrected chi connectivity index (χ2v) is 4.11. The molecule has 0 amide bonds. The molecule has 3 rings (SSSR count). The lowest BCUT2D eigenvalue weighted by molar-refractivity contribution is 0.711. The van der Waals surface area contributed by atoms with Crippen LogP contribution in [0.3, 0.4) is 0 Å². The quantitative estimate of drug-likeness (QED) is 0.673. The number of rotatable bonds is 2. The summed E-state index contributed by atoms with van der Waals surface area (Å²) in [5.74, 6) is 0. The van der Waals surface area contributed by atoms with Gasteiger partial charge >= 0.3 is 0 Å². The molecule has 0 radical (unpaired) electrons. The molecule has 86 valence electrons. The van der Waals surface area contributed by atoms with E-state index >= 15 is 0 Å². The van der Waals surface area contributed by atoms with Crippen molar-refractivity contribution in [1.29, 1.82) is 0 Å². The van der Waals surface area contributed by atoms with Crippen molar-refractivity contribution >= 4 is 16.6 Å². The Labute approximate surface area is 98.5 Å². The third-order valence-electron chi connectivity index (χ3n) is 2.80. The van der Waals surface area contributed by atoms with Gasteiger partial charge in [-0.15, -0.1) is 5.10 Å². The summed E-state index contributed by atoms with van der Waals surface area (Å²) in [5, 5.41) is 9.15. The largest absolute Gasteiger partial charge is 0.397 e. The Balaban J connectivity index is 2.06. The van der Waals surface area contributed by atoms with Crippen molar-refractivity contribution in [2.45, 2.75) is 6.54 Å². The minimum atomic E-state index is 0.686. The monoisotopic (exact) mass is 227 g/mol. The predicted octanol–water partition coefficient (Wildman–Crippen LogP) is 1.40. The Kier molecular flexibility index (Phi) is 2.11. The lowest BCUT2D eigenvalue weighted by atomic mass is 10.2. The van der Waals surface area contributed by atoms with E-state index in [4.69, 9.17) is 5.73 Å². The predicted molar refractivity (Wildman–Crippen MR) is 66.5 cm³/mol. The van der Waals surface area contributed by atoms with Gasteiger partial charge in [0.1, 0.15) is 5.69 Å². The van der Waals surface area contributed by atoms with Gasteiger partial charge in [0.15, 0.2) is 0 Å². The van der Waals surface area contributed by atoms with Gasteiger partial charge in [-0.25, -0.2) is 0 Å². The molecule has 0 saturated heterocycles. The molecular formula is C12H13N5. The Morgan fingerprint density at radius 2 is 2.18 bits per heavy atom. The molecule has 0 bridgehead atoms. The number of fused-ring (bicyclic) bond motifs is 1. The van der Waals surface area contributed by atoms with Gasteiger partial charge in [0.2, 0.25) is 0 Å². The van der Waals surface area contributed by atoms with Crippen LogP contribution in [0.2, 0.25) is 0 Å². The van der Waals surface area contributed by atoms with Crippen LogP contribution in [-0.4, -0.2) is 19.6 Å². The van der Waals surface area contributed by atoms with E-state index in [2.05, 4.69) is 27.0 Å². The van der Waals surface area contributed by atoms with Gasteiger partial charge in [0.25, 0.3) is 0 Å². The fourth-order valence-corrected chi connectivity index (χ4v) is 2.06. The zero-order valence-electron chi connectivity index (χ0n) is 9.54. The summed E-state index contributed by atoms with van der Waals surface area (Å²) in [5.41, 5.74) is 8.76. The molecule has 0 aliphatic rings. The second kappa shape index (κ2) is 3.62. The summed E-state index contributed by atoms with van der Waals surface area (Å²) in [6, 6.07) is 7.99. The van der Waals surface area contributed by atoms with E-state index < -0.39 is 0 Å². The lowest BCUT2D eigenvalue weighted by Gasteiger charge is -2.04. The van der Waals surface area contributed by atoms with Crippen molar-refractivity contribution in [2.24, 2.45) is 7.05 Å². The maximum atomic E-state index is 6.00. The van der Waals surface area contributed by atoms with Crippen molar-refractivity contribution in [1.82, 2.24) is 19.6 Å². The van der Waals surface area contributed by atoms with Crippen LogP contribution in [-0.2, 0) is 13.6 Å². The van der Waals surface area contributed by atoms with E-state index in [0.717, 1.165) is 22.3 Å². The molecule has 2 heterocycles.